The summed E-state index contributed by atoms with van der Waals surface area (Å²) in [6.07, 6.45) is 0.644. The van der Waals surface area contributed by atoms with Gasteiger partial charge in [-0.3, -0.25) is 4.79 Å². The first kappa shape index (κ1) is 17.8. The van der Waals surface area contributed by atoms with Gasteiger partial charge in [-0.15, -0.1) is 0 Å². The van der Waals surface area contributed by atoms with Crippen LogP contribution in [-0.2, 0) is 17.1 Å². The minimum absolute atomic E-state index is 0.108. The van der Waals surface area contributed by atoms with Crippen molar-refractivity contribution in [3.8, 4) is 0 Å². The molecule has 0 amide bonds. The molecule has 25 heavy (non-hydrogen) atoms. The van der Waals surface area contributed by atoms with Crippen molar-refractivity contribution < 1.29 is 8.42 Å². The minimum atomic E-state index is -3.69. The molecule has 1 N–H and O–H groups in total. The molecule has 7 heteroatoms. The predicted molar refractivity (Wildman–Crippen MR) is 102 cm³/mol. The summed E-state index contributed by atoms with van der Waals surface area (Å²) in [6, 6.07) is 12.2. The van der Waals surface area contributed by atoms with Crippen LogP contribution in [0.4, 0.5) is 0 Å². The second-order valence-electron chi connectivity index (χ2n) is 6.00. The summed E-state index contributed by atoms with van der Waals surface area (Å²) in [4.78, 5) is 11.8. The van der Waals surface area contributed by atoms with Crippen molar-refractivity contribution in [3.63, 3.8) is 0 Å². The molecule has 3 rings (SSSR count). The van der Waals surface area contributed by atoms with Gasteiger partial charge in [0.2, 0.25) is 10.0 Å². The Morgan fingerprint density at radius 1 is 1.20 bits per heavy atom. The van der Waals surface area contributed by atoms with Gasteiger partial charge in [0.1, 0.15) is 0 Å². The lowest BCUT2D eigenvalue weighted by Crippen LogP contribution is -2.28. The molecule has 0 saturated carbocycles. The fourth-order valence-corrected chi connectivity index (χ4v) is 5.20. The molecule has 0 unspecified atom stereocenters. The molecule has 1 heterocycles. The molecule has 0 fully saturated rings. The van der Waals surface area contributed by atoms with Gasteiger partial charge in [0, 0.05) is 13.1 Å². The Hall–Kier alpha value is -1.96. The van der Waals surface area contributed by atoms with Crippen molar-refractivity contribution in [2.45, 2.75) is 31.2 Å². The van der Waals surface area contributed by atoms with E-state index < -0.39 is 10.0 Å². The number of thiazole rings is 1. The average molecular weight is 377 g/mol. The zero-order valence-electron chi connectivity index (χ0n) is 14.3. The quantitative estimate of drug-likeness (QED) is 0.743. The van der Waals surface area contributed by atoms with Gasteiger partial charge >= 0.3 is 4.87 Å². The highest BCUT2D eigenvalue weighted by molar-refractivity contribution is 7.89. The molecule has 0 aliphatic rings. The van der Waals surface area contributed by atoms with Crippen LogP contribution < -0.4 is 9.60 Å². The Labute approximate surface area is 151 Å². The third-order valence-electron chi connectivity index (χ3n) is 4.34. The average Bonchev–Trinajstić information content (AvgIpc) is 2.87. The van der Waals surface area contributed by atoms with E-state index in [0.29, 0.717) is 11.1 Å². The van der Waals surface area contributed by atoms with Gasteiger partial charge in [0.05, 0.1) is 15.1 Å². The Morgan fingerprint density at radius 3 is 2.60 bits per heavy atom. The van der Waals surface area contributed by atoms with Crippen molar-refractivity contribution in [1.82, 2.24) is 9.29 Å². The van der Waals surface area contributed by atoms with E-state index >= 15 is 0 Å². The molecule has 0 aliphatic carbocycles. The van der Waals surface area contributed by atoms with Crippen LogP contribution in [0.2, 0.25) is 0 Å². The molecule has 2 aromatic carbocycles. The van der Waals surface area contributed by atoms with Crippen molar-refractivity contribution in [1.29, 1.82) is 0 Å². The van der Waals surface area contributed by atoms with Crippen molar-refractivity contribution in [3.05, 3.63) is 63.3 Å². The van der Waals surface area contributed by atoms with Crippen LogP contribution in [0.15, 0.2) is 52.2 Å². The van der Waals surface area contributed by atoms with E-state index in [2.05, 4.69) is 4.72 Å². The lowest BCUT2D eigenvalue weighted by atomic mass is 10.0. The largest absolute Gasteiger partial charge is 0.307 e. The minimum Gasteiger partial charge on any atom is -0.302 e. The van der Waals surface area contributed by atoms with Crippen LogP contribution in [0.5, 0.6) is 0 Å². The van der Waals surface area contributed by atoms with E-state index in [9.17, 15) is 13.2 Å². The number of hydrogen-bond donors (Lipinski definition) is 1. The molecular formula is C18H20N2O3S2. The molecule has 132 valence electrons. The van der Waals surface area contributed by atoms with Crippen LogP contribution in [-0.4, -0.2) is 13.0 Å². The predicted octanol–water partition coefficient (Wildman–Crippen LogP) is 3.34. The zero-order valence-corrected chi connectivity index (χ0v) is 15.9. The fraction of sp³-hybridized carbons (Fsp3) is 0.278. The third kappa shape index (κ3) is 3.40. The SMILES string of the molecule is CC[C@H](NS(=O)(=O)c1ccc2c(c1)sc(=O)n2C)c1ccccc1C. The molecule has 3 aromatic rings. The lowest BCUT2D eigenvalue weighted by Gasteiger charge is -2.19. The van der Waals surface area contributed by atoms with Gasteiger partial charge < -0.3 is 4.57 Å². The van der Waals surface area contributed by atoms with E-state index in [1.165, 1.54) is 4.57 Å². The number of rotatable bonds is 5. The highest BCUT2D eigenvalue weighted by Gasteiger charge is 2.22. The first-order chi connectivity index (χ1) is 11.8. The Morgan fingerprint density at radius 2 is 1.92 bits per heavy atom. The van der Waals surface area contributed by atoms with Crippen LogP contribution in [0.25, 0.3) is 10.2 Å². The number of hydrogen-bond acceptors (Lipinski definition) is 4. The monoisotopic (exact) mass is 376 g/mol. The second-order valence-corrected chi connectivity index (χ2v) is 8.70. The van der Waals surface area contributed by atoms with Crippen molar-refractivity contribution in [2.24, 2.45) is 7.05 Å². The van der Waals surface area contributed by atoms with Crippen LogP contribution in [0.3, 0.4) is 0 Å². The molecule has 0 saturated heterocycles. The molecule has 5 nitrogen and oxygen atoms in total. The van der Waals surface area contributed by atoms with Gasteiger partial charge in [-0.25, -0.2) is 13.1 Å². The van der Waals surface area contributed by atoms with E-state index in [4.69, 9.17) is 0 Å². The van der Waals surface area contributed by atoms with E-state index in [-0.39, 0.29) is 15.8 Å². The number of nitrogens with one attached hydrogen (secondary N) is 1. The highest BCUT2D eigenvalue weighted by atomic mass is 32.2. The van der Waals surface area contributed by atoms with Crippen molar-refractivity contribution in [2.75, 3.05) is 0 Å². The van der Waals surface area contributed by atoms with E-state index in [1.807, 2.05) is 38.1 Å². The molecule has 1 atom stereocenters. The van der Waals surface area contributed by atoms with Crippen molar-refractivity contribution >= 4 is 31.6 Å². The summed E-state index contributed by atoms with van der Waals surface area (Å²) in [5, 5.41) is 0. The van der Waals surface area contributed by atoms with Gasteiger partial charge in [-0.2, -0.15) is 0 Å². The summed E-state index contributed by atoms with van der Waals surface area (Å²) >= 11 is 1.05. The molecule has 0 spiro atoms. The Balaban J connectivity index is 1.98. The Kier molecular flexibility index (Phi) is 4.81. The maximum atomic E-state index is 12.8. The summed E-state index contributed by atoms with van der Waals surface area (Å²) in [5.41, 5.74) is 2.76. The molecule has 0 radical (unpaired) electrons. The van der Waals surface area contributed by atoms with Gasteiger partial charge in [-0.1, -0.05) is 42.5 Å². The summed E-state index contributed by atoms with van der Waals surface area (Å²) in [5.74, 6) is 0. The third-order valence-corrected chi connectivity index (χ3v) is 6.81. The standard InChI is InChI=1S/C18H20N2O3S2/c1-4-15(14-8-6-5-7-12(14)2)19-25(22,23)13-9-10-16-17(11-13)24-18(21)20(16)3/h5-11,15,19H,4H2,1-3H3/t15-/m0/s1. The Bertz CT molecular complexity index is 1080. The first-order valence-electron chi connectivity index (χ1n) is 8.01. The summed E-state index contributed by atoms with van der Waals surface area (Å²) < 4.78 is 30.6. The van der Waals surface area contributed by atoms with Crippen LogP contribution >= 0.6 is 11.3 Å². The first-order valence-corrected chi connectivity index (χ1v) is 10.3. The molecule has 0 bridgehead atoms. The maximum absolute atomic E-state index is 12.8. The van der Waals surface area contributed by atoms with Gasteiger partial charge in [0.15, 0.2) is 0 Å². The number of sulfonamides is 1. The summed E-state index contributed by atoms with van der Waals surface area (Å²) in [6.45, 7) is 3.92. The number of aryl methyl sites for hydroxylation is 2. The highest BCUT2D eigenvalue weighted by Crippen LogP contribution is 2.25. The van der Waals surface area contributed by atoms with Gasteiger partial charge in [-0.05, 0) is 42.7 Å². The second kappa shape index (κ2) is 6.74. The van der Waals surface area contributed by atoms with Gasteiger partial charge in [0.25, 0.3) is 0 Å². The smallest absolute Gasteiger partial charge is 0.302 e. The maximum Gasteiger partial charge on any atom is 0.307 e. The number of fused-ring (bicyclic) bond motifs is 1. The van der Waals surface area contributed by atoms with Crippen LogP contribution in [0.1, 0.15) is 30.5 Å². The topological polar surface area (TPSA) is 68.2 Å². The normalized spacial score (nSPS) is 13.2. The number of benzene rings is 2. The van der Waals surface area contributed by atoms with Crippen LogP contribution in [0, 0.1) is 6.92 Å². The van der Waals surface area contributed by atoms with E-state index in [0.717, 1.165) is 28.0 Å². The number of aromatic nitrogens is 1. The summed E-state index contributed by atoms with van der Waals surface area (Å²) in [7, 11) is -2.01. The molecule has 0 aliphatic heterocycles. The zero-order chi connectivity index (χ0) is 18.2. The fourth-order valence-electron chi connectivity index (χ4n) is 2.88. The number of nitrogens with zero attached hydrogens (tertiary/aromatic N) is 1. The lowest BCUT2D eigenvalue weighted by molar-refractivity contribution is 0.549. The molecule has 1 aromatic heterocycles. The van der Waals surface area contributed by atoms with E-state index in [1.54, 1.807) is 25.2 Å². The molecular weight excluding hydrogens is 356 g/mol.